The molecule has 0 amide bonds. The zero-order valence-electron chi connectivity index (χ0n) is 31.7. The molecule has 0 bridgehead atoms. The minimum Gasteiger partial charge on any atom is -0.310 e. The standard InChI is InChI=1S/C55H41N/c1-55(2)50-27-14-12-25-48(50)49-36-34-44(37-51(49)55)56(52-28-15-13-24-45(52)38-17-6-3-7-18-38)43-32-29-40(30-33-43)46-26-16-23-42-31-35-47(39-19-8-4-9-20-39)53(54(42)46)41-21-10-5-11-22-41/h3-37H,1-2H3. The Morgan fingerprint density at radius 1 is 0.339 bits per heavy atom. The Hall–Kier alpha value is -6.96. The average molecular weight is 716 g/mol. The van der Waals surface area contributed by atoms with Crippen LogP contribution in [0.3, 0.4) is 0 Å². The largest absolute Gasteiger partial charge is 0.310 e. The fraction of sp³-hybridized carbons (Fsp3) is 0.0545. The van der Waals surface area contributed by atoms with E-state index in [1.807, 2.05) is 0 Å². The Bertz CT molecular complexity index is 2850. The Balaban J connectivity index is 1.15. The van der Waals surface area contributed by atoms with E-state index in [0.717, 1.165) is 17.1 Å². The third-order valence-electron chi connectivity index (χ3n) is 11.7. The first kappa shape index (κ1) is 33.6. The molecule has 56 heavy (non-hydrogen) atoms. The maximum Gasteiger partial charge on any atom is 0.0540 e. The summed E-state index contributed by atoms with van der Waals surface area (Å²) in [4.78, 5) is 2.44. The molecular formula is C55H41N. The lowest BCUT2D eigenvalue weighted by Gasteiger charge is -2.30. The zero-order chi connectivity index (χ0) is 37.6. The summed E-state index contributed by atoms with van der Waals surface area (Å²) in [6.07, 6.45) is 0. The molecule has 0 saturated carbocycles. The molecule has 1 nitrogen and oxygen atoms in total. The van der Waals surface area contributed by atoms with Crippen molar-refractivity contribution in [3.63, 3.8) is 0 Å². The molecule has 0 saturated heterocycles. The summed E-state index contributed by atoms with van der Waals surface area (Å²) in [7, 11) is 0. The Kier molecular flexibility index (Phi) is 8.23. The third kappa shape index (κ3) is 5.63. The fourth-order valence-electron chi connectivity index (χ4n) is 8.96. The maximum absolute atomic E-state index is 2.44. The van der Waals surface area contributed by atoms with Crippen LogP contribution in [0.5, 0.6) is 0 Å². The highest BCUT2D eigenvalue weighted by atomic mass is 15.1. The molecule has 0 spiro atoms. The quantitative estimate of drug-likeness (QED) is 0.159. The molecule has 0 unspecified atom stereocenters. The zero-order valence-corrected chi connectivity index (χ0v) is 31.7. The van der Waals surface area contributed by atoms with Crippen molar-refractivity contribution in [2.45, 2.75) is 19.3 Å². The number of anilines is 3. The Morgan fingerprint density at radius 2 is 0.857 bits per heavy atom. The third-order valence-corrected chi connectivity index (χ3v) is 11.7. The van der Waals surface area contributed by atoms with Crippen molar-refractivity contribution in [3.05, 3.63) is 223 Å². The van der Waals surface area contributed by atoms with Crippen molar-refractivity contribution in [2.75, 3.05) is 4.90 Å². The van der Waals surface area contributed by atoms with E-state index in [-0.39, 0.29) is 5.41 Å². The van der Waals surface area contributed by atoms with Crippen molar-refractivity contribution >= 4 is 27.8 Å². The topological polar surface area (TPSA) is 3.24 Å². The molecule has 266 valence electrons. The van der Waals surface area contributed by atoms with Crippen LogP contribution in [0.15, 0.2) is 212 Å². The van der Waals surface area contributed by atoms with Gasteiger partial charge in [-0.2, -0.15) is 0 Å². The number of rotatable bonds is 7. The van der Waals surface area contributed by atoms with Gasteiger partial charge in [-0.05, 0) is 102 Å². The first-order valence-corrected chi connectivity index (χ1v) is 19.5. The average Bonchev–Trinajstić information content (AvgIpc) is 3.49. The van der Waals surface area contributed by atoms with E-state index in [9.17, 15) is 0 Å². The van der Waals surface area contributed by atoms with Gasteiger partial charge in [0.1, 0.15) is 0 Å². The highest BCUT2D eigenvalue weighted by molar-refractivity contribution is 6.11. The van der Waals surface area contributed by atoms with Gasteiger partial charge in [0.2, 0.25) is 0 Å². The second-order valence-electron chi connectivity index (χ2n) is 15.3. The minimum absolute atomic E-state index is 0.111. The summed E-state index contributed by atoms with van der Waals surface area (Å²) in [5, 5.41) is 2.49. The van der Waals surface area contributed by atoms with Crippen molar-refractivity contribution in [2.24, 2.45) is 0 Å². The maximum atomic E-state index is 2.44. The molecule has 0 N–H and O–H groups in total. The van der Waals surface area contributed by atoms with Crippen LogP contribution >= 0.6 is 0 Å². The van der Waals surface area contributed by atoms with Crippen molar-refractivity contribution in [3.8, 4) is 55.6 Å². The van der Waals surface area contributed by atoms with Crippen LogP contribution < -0.4 is 4.90 Å². The number of para-hydroxylation sites is 1. The summed E-state index contributed by atoms with van der Waals surface area (Å²) in [5.74, 6) is 0. The van der Waals surface area contributed by atoms with Gasteiger partial charge in [0.05, 0.1) is 5.69 Å². The first-order chi connectivity index (χ1) is 27.6. The number of hydrogen-bond acceptors (Lipinski definition) is 1. The Labute approximate surface area is 329 Å². The smallest absolute Gasteiger partial charge is 0.0540 e. The number of nitrogens with zero attached hydrogens (tertiary/aromatic N) is 1. The van der Waals surface area contributed by atoms with Crippen LogP contribution in [-0.2, 0) is 5.41 Å². The summed E-state index contributed by atoms with van der Waals surface area (Å²) < 4.78 is 0. The highest BCUT2D eigenvalue weighted by Gasteiger charge is 2.36. The molecular weight excluding hydrogens is 675 g/mol. The van der Waals surface area contributed by atoms with Crippen LogP contribution in [0.25, 0.3) is 66.4 Å². The SMILES string of the molecule is CC1(C)c2ccccc2-c2ccc(N(c3ccc(-c4cccc5ccc(-c6ccccc6)c(-c6ccccc6)c45)cc3)c3ccccc3-c3ccccc3)cc21. The number of benzene rings is 9. The molecule has 9 aromatic rings. The van der Waals surface area contributed by atoms with Crippen LogP contribution in [-0.4, -0.2) is 0 Å². The predicted molar refractivity (Wildman–Crippen MR) is 238 cm³/mol. The first-order valence-electron chi connectivity index (χ1n) is 19.5. The number of fused-ring (bicyclic) bond motifs is 4. The monoisotopic (exact) mass is 715 g/mol. The van der Waals surface area contributed by atoms with Crippen molar-refractivity contribution in [1.82, 2.24) is 0 Å². The van der Waals surface area contributed by atoms with E-state index in [4.69, 9.17) is 0 Å². The van der Waals surface area contributed by atoms with Gasteiger partial charge < -0.3 is 4.90 Å². The minimum atomic E-state index is -0.111. The van der Waals surface area contributed by atoms with Crippen molar-refractivity contribution < 1.29 is 0 Å². The second kappa shape index (κ2) is 13.7. The molecule has 0 atom stereocenters. The van der Waals surface area contributed by atoms with Crippen molar-refractivity contribution in [1.29, 1.82) is 0 Å². The molecule has 0 heterocycles. The highest BCUT2D eigenvalue weighted by Crippen LogP contribution is 2.51. The summed E-state index contributed by atoms with van der Waals surface area (Å²) in [6.45, 7) is 4.71. The molecule has 0 fully saturated rings. The van der Waals surface area contributed by atoms with Gasteiger partial charge >= 0.3 is 0 Å². The van der Waals surface area contributed by atoms with Crippen LogP contribution in [0.2, 0.25) is 0 Å². The summed E-state index contributed by atoms with van der Waals surface area (Å²) >= 11 is 0. The Morgan fingerprint density at radius 3 is 1.57 bits per heavy atom. The van der Waals surface area contributed by atoms with Gasteiger partial charge in [-0.15, -0.1) is 0 Å². The van der Waals surface area contributed by atoms with E-state index in [1.54, 1.807) is 0 Å². The van der Waals surface area contributed by atoms with Gasteiger partial charge in [-0.3, -0.25) is 0 Å². The lowest BCUT2D eigenvalue weighted by Crippen LogP contribution is -2.16. The van der Waals surface area contributed by atoms with Crippen LogP contribution in [0.1, 0.15) is 25.0 Å². The molecule has 0 aromatic heterocycles. The molecule has 1 heteroatoms. The van der Waals surface area contributed by atoms with Gasteiger partial charge in [-0.1, -0.05) is 196 Å². The van der Waals surface area contributed by atoms with E-state index in [1.165, 1.54) is 77.5 Å². The summed E-state index contributed by atoms with van der Waals surface area (Å²) in [6, 6.07) is 77.6. The van der Waals surface area contributed by atoms with E-state index in [0.29, 0.717) is 0 Å². The predicted octanol–water partition coefficient (Wildman–Crippen LogP) is 15.3. The lowest BCUT2D eigenvalue weighted by molar-refractivity contribution is 0.660. The van der Waals surface area contributed by atoms with E-state index < -0.39 is 0 Å². The van der Waals surface area contributed by atoms with Gasteiger partial charge in [0, 0.05) is 22.4 Å². The van der Waals surface area contributed by atoms with E-state index in [2.05, 4.69) is 231 Å². The van der Waals surface area contributed by atoms with Gasteiger partial charge in [0.15, 0.2) is 0 Å². The second-order valence-corrected chi connectivity index (χ2v) is 15.3. The fourth-order valence-corrected chi connectivity index (χ4v) is 8.96. The normalized spacial score (nSPS) is 12.6. The van der Waals surface area contributed by atoms with Crippen LogP contribution in [0.4, 0.5) is 17.1 Å². The lowest BCUT2D eigenvalue weighted by atomic mass is 9.82. The van der Waals surface area contributed by atoms with Gasteiger partial charge in [0.25, 0.3) is 0 Å². The number of hydrogen-bond donors (Lipinski definition) is 0. The molecule has 10 rings (SSSR count). The van der Waals surface area contributed by atoms with Gasteiger partial charge in [-0.25, -0.2) is 0 Å². The van der Waals surface area contributed by atoms with E-state index >= 15 is 0 Å². The molecule has 0 aliphatic heterocycles. The molecule has 1 aliphatic carbocycles. The summed E-state index contributed by atoms with van der Waals surface area (Å²) in [5.41, 5.74) is 18.4. The molecule has 1 aliphatic rings. The molecule has 9 aromatic carbocycles. The molecule has 0 radical (unpaired) electrons. The van der Waals surface area contributed by atoms with Crippen LogP contribution in [0, 0.1) is 0 Å².